The van der Waals surface area contributed by atoms with Crippen molar-refractivity contribution in [1.29, 1.82) is 0 Å². The van der Waals surface area contributed by atoms with E-state index in [9.17, 15) is 15.0 Å². The molecule has 2 atom stereocenters. The van der Waals surface area contributed by atoms with Crippen LogP contribution < -0.4 is 5.32 Å². The predicted octanol–water partition coefficient (Wildman–Crippen LogP) is 1.68. The molecule has 0 bridgehead atoms. The molecule has 1 amide bonds. The first-order chi connectivity index (χ1) is 12.9. The number of amides is 1. The third-order valence-electron chi connectivity index (χ3n) is 5.15. The number of nitrogens with one attached hydrogen (secondary N) is 1. The molecule has 2 aromatic rings. The molecule has 0 aliphatic carbocycles. The molecule has 1 saturated heterocycles. The number of aromatic hydroxyl groups is 1. The van der Waals surface area contributed by atoms with Crippen molar-refractivity contribution in [2.75, 3.05) is 13.1 Å². The number of phenols is 1. The minimum absolute atomic E-state index is 0.0636. The summed E-state index contributed by atoms with van der Waals surface area (Å²) < 4.78 is 5.20. The van der Waals surface area contributed by atoms with Crippen LogP contribution in [0.25, 0.3) is 0 Å². The topological polar surface area (TPSA) is 98.8 Å². The summed E-state index contributed by atoms with van der Waals surface area (Å²) in [7, 11) is 0. The highest BCUT2D eigenvalue weighted by atomic mass is 16.5. The van der Waals surface area contributed by atoms with E-state index in [0.717, 1.165) is 29.1 Å². The molecule has 3 N–H and O–H groups in total. The van der Waals surface area contributed by atoms with E-state index in [1.165, 1.54) is 0 Å². The second-order valence-electron chi connectivity index (χ2n) is 7.23. The predicted molar refractivity (Wildman–Crippen MR) is 100 cm³/mol. The molecule has 3 rings (SSSR count). The number of aliphatic hydroxyl groups is 1. The Morgan fingerprint density at radius 3 is 2.70 bits per heavy atom. The zero-order chi connectivity index (χ0) is 19.4. The Bertz CT molecular complexity index is 753. The maximum atomic E-state index is 12.2. The van der Waals surface area contributed by atoms with Gasteiger partial charge in [-0.2, -0.15) is 0 Å². The molecule has 0 radical (unpaired) electrons. The van der Waals surface area contributed by atoms with Gasteiger partial charge in [-0.05, 0) is 44.4 Å². The second-order valence-corrected chi connectivity index (χ2v) is 7.23. The van der Waals surface area contributed by atoms with Gasteiger partial charge in [0.2, 0.25) is 5.91 Å². The molecule has 0 saturated carbocycles. The van der Waals surface area contributed by atoms with E-state index in [2.05, 4.69) is 15.4 Å². The summed E-state index contributed by atoms with van der Waals surface area (Å²) in [5.74, 6) is 0.965. The van der Waals surface area contributed by atoms with Crippen molar-refractivity contribution in [1.82, 2.24) is 15.4 Å². The number of aliphatic hydroxyl groups excluding tert-OH is 1. The van der Waals surface area contributed by atoms with E-state index in [1.54, 1.807) is 12.1 Å². The van der Waals surface area contributed by atoms with Crippen LogP contribution in [0.1, 0.15) is 35.4 Å². The lowest BCUT2D eigenvalue weighted by Crippen LogP contribution is -2.53. The molecule has 1 aromatic heterocycles. The van der Waals surface area contributed by atoms with Crippen LogP contribution in [-0.2, 0) is 17.8 Å². The minimum Gasteiger partial charge on any atom is -0.508 e. The fourth-order valence-corrected chi connectivity index (χ4v) is 3.46. The van der Waals surface area contributed by atoms with Crippen LogP contribution in [0.2, 0.25) is 0 Å². The van der Waals surface area contributed by atoms with E-state index in [4.69, 9.17) is 4.52 Å². The van der Waals surface area contributed by atoms with E-state index < -0.39 is 6.10 Å². The van der Waals surface area contributed by atoms with Crippen LogP contribution in [-0.4, -0.2) is 51.4 Å². The van der Waals surface area contributed by atoms with E-state index in [1.807, 2.05) is 26.0 Å². The van der Waals surface area contributed by atoms with Crippen LogP contribution in [0.4, 0.5) is 0 Å². The maximum absolute atomic E-state index is 12.2. The third-order valence-corrected chi connectivity index (χ3v) is 5.15. The highest BCUT2D eigenvalue weighted by molar-refractivity contribution is 5.76. The molecule has 146 valence electrons. The Labute approximate surface area is 159 Å². The molecule has 27 heavy (non-hydrogen) atoms. The fourth-order valence-electron chi connectivity index (χ4n) is 3.46. The van der Waals surface area contributed by atoms with Crippen molar-refractivity contribution in [3.63, 3.8) is 0 Å². The van der Waals surface area contributed by atoms with Crippen molar-refractivity contribution in [2.24, 2.45) is 0 Å². The molecule has 0 unspecified atom stereocenters. The number of hydrogen-bond donors (Lipinski definition) is 3. The van der Waals surface area contributed by atoms with E-state index >= 15 is 0 Å². The fraction of sp³-hybridized carbons (Fsp3) is 0.500. The summed E-state index contributed by atoms with van der Waals surface area (Å²) in [5.41, 5.74) is 2.95. The summed E-state index contributed by atoms with van der Waals surface area (Å²) in [6.45, 7) is 5.81. The van der Waals surface area contributed by atoms with Gasteiger partial charge in [-0.3, -0.25) is 9.69 Å². The van der Waals surface area contributed by atoms with Crippen molar-refractivity contribution in [3.8, 4) is 5.75 Å². The summed E-state index contributed by atoms with van der Waals surface area (Å²) in [5, 5.41) is 26.7. The number of carbonyl (C=O) groups is 1. The summed E-state index contributed by atoms with van der Waals surface area (Å²) in [6, 6.07) is 6.63. The Hall–Kier alpha value is -2.38. The van der Waals surface area contributed by atoms with Gasteiger partial charge in [-0.25, -0.2) is 0 Å². The van der Waals surface area contributed by atoms with Gasteiger partial charge in [-0.15, -0.1) is 0 Å². The van der Waals surface area contributed by atoms with Gasteiger partial charge in [-0.1, -0.05) is 17.3 Å². The lowest BCUT2D eigenvalue weighted by molar-refractivity contribution is -0.123. The van der Waals surface area contributed by atoms with Crippen LogP contribution in [0.5, 0.6) is 5.75 Å². The number of hydrogen-bond acceptors (Lipinski definition) is 6. The van der Waals surface area contributed by atoms with Crippen molar-refractivity contribution >= 4 is 5.91 Å². The largest absolute Gasteiger partial charge is 0.508 e. The number of piperidine rings is 1. The average Bonchev–Trinajstić information content (AvgIpc) is 2.95. The van der Waals surface area contributed by atoms with Crippen molar-refractivity contribution in [3.05, 3.63) is 46.8 Å². The maximum Gasteiger partial charge on any atom is 0.220 e. The highest BCUT2D eigenvalue weighted by Crippen LogP contribution is 2.19. The molecule has 7 heteroatoms. The van der Waals surface area contributed by atoms with Gasteiger partial charge in [0.05, 0.1) is 17.8 Å². The molecule has 7 nitrogen and oxygen atoms in total. The number of phenolic OH excluding ortho intramolecular Hbond substituents is 1. The molecule has 1 aromatic carbocycles. The van der Waals surface area contributed by atoms with Crippen molar-refractivity contribution in [2.45, 2.75) is 51.8 Å². The molecular formula is C20H27N3O4. The Morgan fingerprint density at radius 1 is 1.33 bits per heavy atom. The zero-order valence-corrected chi connectivity index (χ0v) is 15.8. The standard InChI is InChI=1S/C20H27N3O4/c1-13-17(14(2)27-22-13)11-23-10-9-18(19(25)12-23)21-20(26)8-5-15-3-6-16(24)7-4-15/h3-4,6-7,18-19,24-25H,5,8-12H2,1-2H3,(H,21,26)/t18-,19-/m1/s1. The SMILES string of the molecule is Cc1noc(C)c1CN1CC[C@@H](NC(=O)CCc2ccc(O)cc2)[C@H](O)C1. The van der Waals surface area contributed by atoms with Crippen LogP contribution in [0.15, 0.2) is 28.8 Å². The Balaban J connectivity index is 1.45. The molecule has 2 heterocycles. The van der Waals surface area contributed by atoms with E-state index in [-0.39, 0.29) is 17.7 Å². The van der Waals surface area contributed by atoms with Crippen LogP contribution in [0, 0.1) is 13.8 Å². The minimum atomic E-state index is -0.600. The number of likely N-dealkylation sites (tertiary alicyclic amines) is 1. The number of aromatic nitrogens is 1. The Morgan fingerprint density at radius 2 is 2.07 bits per heavy atom. The molecule has 0 spiro atoms. The molecule has 1 fully saturated rings. The smallest absolute Gasteiger partial charge is 0.220 e. The lowest BCUT2D eigenvalue weighted by atomic mass is 10.0. The quantitative estimate of drug-likeness (QED) is 0.713. The number of nitrogens with zero attached hydrogens (tertiary/aromatic N) is 2. The number of aryl methyl sites for hydroxylation is 3. The number of carbonyl (C=O) groups excluding carboxylic acids is 1. The number of benzene rings is 1. The first-order valence-electron chi connectivity index (χ1n) is 9.32. The van der Waals surface area contributed by atoms with Gasteiger partial charge >= 0.3 is 0 Å². The molecule has 1 aliphatic heterocycles. The summed E-state index contributed by atoms with van der Waals surface area (Å²) >= 11 is 0. The van der Waals surface area contributed by atoms with Crippen LogP contribution >= 0.6 is 0 Å². The van der Waals surface area contributed by atoms with Gasteiger partial charge in [0.1, 0.15) is 11.5 Å². The molecular weight excluding hydrogens is 346 g/mol. The molecule has 1 aliphatic rings. The van der Waals surface area contributed by atoms with Gasteiger partial charge < -0.3 is 20.1 Å². The monoisotopic (exact) mass is 373 g/mol. The third kappa shape index (κ3) is 5.08. The second kappa shape index (κ2) is 8.54. The van der Waals surface area contributed by atoms with Crippen molar-refractivity contribution < 1.29 is 19.5 Å². The summed E-state index contributed by atoms with van der Waals surface area (Å²) in [6.07, 6.45) is 1.07. The van der Waals surface area contributed by atoms with Gasteiger partial charge in [0.25, 0.3) is 0 Å². The highest BCUT2D eigenvalue weighted by Gasteiger charge is 2.29. The first kappa shape index (κ1) is 19.4. The average molecular weight is 373 g/mol. The number of β-amino-alcohol motifs (C(OH)–C–C–N with tert-alkyl or cyclic N) is 1. The Kier molecular flexibility index (Phi) is 6.13. The number of rotatable bonds is 6. The van der Waals surface area contributed by atoms with E-state index in [0.29, 0.717) is 32.4 Å². The zero-order valence-electron chi connectivity index (χ0n) is 15.8. The lowest BCUT2D eigenvalue weighted by Gasteiger charge is -2.36. The van der Waals surface area contributed by atoms with Gasteiger partial charge in [0, 0.05) is 31.6 Å². The van der Waals surface area contributed by atoms with Gasteiger partial charge in [0.15, 0.2) is 0 Å². The normalized spacial score (nSPS) is 20.6. The van der Waals surface area contributed by atoms with Crippen LogP contribution in [0.3, 0.4) is 0 Å². The first-order valence-corrected chi connectivity index (χ1v) is 9.32. The summed E-state index contributed by atoms with van der Waals surface area (Å²) in [4.78, 5) is 14.4.